The van der Waals surface area contributed by atoms with Crippen LogP contribution in [0.15, 0.2) is 24.3 Å². The summed E-state index contributed by atoms with van der Waals surface area (Å²) < 4.78 is 5.40. The maximum absolute atomic E-state index is 14.0. The molecule has 2 atom stereocenters. The Labute approximate surface area is 207 Å². The number of carbonyl (C=O) groups is 3. The van der Waals surface area contributed by atoms with E-state index in [2.05, 4.69) is 10.6 Å². The lowest BCUT2D eigenvalue weighted by Gasteiger charge is -2.43. The molecule has 3 amide bonds. The van der Waals surface area contributed by atoms with Gasteiger partial charge in [-0.3, -0.25) is 9.59 Å². The molecule has 2 rings (SSSR count). The SMILES string of the molecule is CSCCC(NC(=O)OC(C)(C)C)C(=O)N(C1CCC1)C(C(=O)NC(C)C)c1cccc(O)c1. The molecule has 0 aromatic heterocycles. The van der Waals surface area contributed by atoms with Gasteiger partial charge >= 0.3 is 6.09 Å². The van der Waals surface area contributed by atoms with Crippen molar-refractivity contribution >= 4 is 29.7 Å². The molecule has 0 heterocycles. The predicted molar refractivity (Wildman–Crippen MR) is 135 cm³/mol. The van der Waals surface area contributed by atoms with Gasteiger partial charge in [0.2, 0.25) is 11.8 Å². The molecule has 0 saturated heterocycles. The largest absolute Gasteiger partial charge is 0.508 e. The molecule has 1 aliphatic rings. The lowest BCUT2D eigenvalue weighted by Crippen LogP contribution is -2.58. The first-order valence-corrected chi connectivity index (χ1v) is 13.2. The van der Waals surface area contributed by atoms with Gasteiger partial charge in [0.15, 0.2) is 0 Å². The summed E-state index contributed by atoms with van der Waals surface area (Å²) in [5.41, 5.74) is -0.175. The summed E-state index contributed by atoms with van der Waals surface area (Å²) in [6.07, 6.45) is 4.18. The van der Waals surface area contributed by atoms with Crippen LogP contribution in [-0.4, -0.2) is 63.6 Å². The minimum Gasteiger partial charge on any atom is -0.508 e. The molecule has 0 bridgehead atoms. The van der Waals surface area contributed by atoms with Crippen LogP contribution in [0.2, 0.25) is 0 Å². The summed E-state index contributed by atoms with van der Waals surface area (Å²) >= 11 is 1.57. The van der Waals surface area contributed by atoms with Crippen LogP contribution in [0.3, 0.4) is 0 Å². The van der Waals surface area contributed by atoms with Gasteiger partial charge < -0.3 is 25.4 Å². The average molecular weight is 494 g/mol. The van der Waals surface area contributed by atoms with Gasteiger partial charge in [-0.25, -0.2) is 4.79 Å². The third kappa shape index (κ3) is 8.11. The number of benzene rings is 1. The zero-order chi connectivity index (χ0) is 25.5. The van der Waals surface area contributed by atoms with Crippen molar-refractivity contribution in [2.24, 2.45) is 0 Å². The highest BCUT2D eigenvalue weighted by Crippen LogP contribution is 2.35. The molecule has 34 heavy (non-hydrogen) atoms. The third-order valence-corrected chi connectivity index (χ3v) is 6.11. The van der Waals surface area contributed by atoms with E-state index in [1.807, 2.05) is 20.1 Å². The van der Waals surface area contributed by atoms with E-state index in [9.17, 15) is 19.5 Å². The number of hydrogen-bond donors (Lipinski definition) is 3. The van der Waals surface area contributed by atoms with E-state index in [4.69, 9.17) is 4.74 Å². The maximum Gasteiger partial charge on any atom is 0.408 e. The fourth-order valence-electron chi connectivity index (χ4n) is 3.80. The normalized spacial score (nSPS) is 15.7. The van der Waals surface area contributed by atoms with Crippen LogP contribution in [0.5, 0.6) is 5.75 Å². The van der Waals surface area contributed by atoms with Gasteiger partial charge in [-0.05, 0) is 90.0 Å². The first kappa shape index (κ1) is 27.8. The Morgan fingerprint density at radius 1 is 1.21 bits per heavy atom. The Morgan fingerprint density at radius 2 is 1.88 bits per heavy atom. The highest BCUT2D eigenvalue weighted by molar-refractivity contribution is 7.98. The Balaban J connectivity index is 2.45. The first-order valence-electron chi connectivity index (χ1n) is 11.8. The van der Waals surface area contributed by atoms with Gasteiger partial charge in [-0.1, -0.05) is 12.1 Å². The Hall–Kier alpha value is -2.42. The fraction of sp³-hybridized carbons (Fsp3) is 0.640. The van der Waals surface area contributed by atoms with E-state index in [1.165, 1.54) is 12.1 Å². The number of rotatable bonds is 10. The molecule has 8 nitrogen and oxygen atoms in total. The Morgan fingerprint density at radius 3 is 2.38 bits per heavy atom. The summed E-state index contributed by atoms with van der Waals surface area (Å²) in [6, 6.07) is 4.42. The van der Waals surface area contributed by atoms with Gasteiger partial charge in [-0.15, -0.1) is 0 Å². The number of thioether (sulfide) groups is 1. The average Bonchev–Trinajstić information content (AvgIpc) is 2.67. The number of ether oxygens (including phenoxy) is 1. The van der Waals surface area contributed by atoms with E-state index >= 15 is 0 Å². The smallest absolute Gasteiger partial charge is 0.408 e. The number of alkyl carbamates (subject to hydrolysis) is 1. The Kier molecular flexibility index (Phi) is 10.1. The molecule has 0 aliphatic heterocycles. The number of hydrogen-bond acceptors (Lipinski definition) is 6. The number of carbonyl (C=O) groups excluding carboxylic acids is 3. The van der Waals surface area contributed by atoms with Crippen molar-refractivity contribution in [1.29, 1.82) is 0 Å². The summed E-state index contributed by atoms with van der Waals surface area (Å²) in [6.45, 7) is 9.01. The quantitative estimate of drug-likeness (QED) is 0.455. The molecule has 190 valence electrons. The van der Waals surface area contributed by atoms with Crippen molar-refractivity contribution in [2.75, 3.05) is 12.0 Å². The van der Waals surface area contributed by atoms with E-state index in [0.717, 1.165) is 19.3 Å². The molecule has 1 aromatic carbocycles. The standard InChI is InChI=1S/C25H39N3O5S/c1-16(2)26-22(30)21(17-9-7-12-19(29)15-17)28(18-10-8-11-18)23(31)20(13-14-34-6)27-24(32)33-25(3,4)5/h7,9,12,15-16,18,20-21,29H,8,10-11,13-14H2,1-6H3,(H,26,30)(H,27,32). The summed E-state index contributed by atoms with van der Waals surface area (Å²) in [4.78, 5) is 41.5. The number of nitrogens with zero attached hydrogens (tertiary/aromatic N) is 1. The number of phenolic OH excluding ortho intramolecular Hbond substituents is 1. The molecule has 1 saturated carbocycles. The molecule has 9 heteroatoms. The third-order valence-electron chi connectivity index (χ3n) is 5.47. The second-order valence-corrected chi connectivity index (χ2v) is 11.0. The molecule has 0 spiro atoms. The van der Waals surface area contributed by atoms with Crippen LogP contribution >= 0.6 is 11.8 Å². The van der Waals surface area contributed by atoms with Crippen LogP contribution in [0, 0.1) is 0 Å². The summed E-state index contributed by atoms with van der Waals surface area (Å²) in [5, 5.41) is 15.8. The van der Waals surface area contributed by atoms with Gasteiger partial charge in [0.1, 0.15) is 23.4 Å². The number of amides is 3. The second kappa shape index (κ2) is 12.3. The molecule has 2 unspecified atom stereocenters. The van der Waals surface area contributed by atoms with Crippen molar-refractivity contribution in [2.45, 2.75) is 90.1 Å². The van der Waals surface area contributed by atoms with Crippen molar-refractivity contribution in [3.8, 4) is 5.75 Å². The Bertz CT molecular complexity index is 851. The van der Waals surface area contributed by atoms with Crippen molar-refractivity contribution in [3.05, 3.63) is 29.8 Å². The van der Waals surface area contributed by atoms with Gasteiger partial charge in [-0.2, -0.15) is 11.8 Å². The summed E-state index contributed by atoms with van der Waals surface area (Å²) in [7, 11) is 0. The molecular formula is C25H39N3O5S. The number of nitrogens with one attached hydrogen (secondary N) is 2. The van der Waals surface area contributed by atoms with Gasteiger partial charge in [0.25, 0.3) is 0 Å². The van der Waals surface area contributed by atoms with Crippen LogP contribution in [0.1, 0.15) is 71.9 Å². The molecular weight excluding hydrogens is 454 g/mol. The molecule has 0 radical (unpaired) electrons. The van der Waals surface area contributed by atoms with Crippen molar-refractivity contribution < 1.29 is 24.2 Å². The molecule has 3 N–H and O–H groups in total. The van der Waals surface area contributed by atoms with E-state index in [0.29, 0.717) is 17.7 Å². The zero-order valence-electron chi connectivity index (χ0n) is 21.1. The van der Waals surface area contributed by atoms with Crippen LogP contribution < -0.4 is 10.6 Å². The molecule has 1 fully saturated rings. The highest BCUT2D eigenvalue weighted by atomic mass is 32.2. The second-order valence-electron chi connectivity index (χ2n) is 9.97. The first-order chi connectivity index (χ1) is 15.9. The lowest BCUT2D eigenvalue weighted by atomic mass is 9.88. The van der Waals surface area contributed by atoms with Gasteiger partial charge in [0, 0.05) is 12.1 Å². The van der Waals surface area contributed by atoms with E-state index in [1.54, 1.807) is 49.6 Å². The summed E-state index contributed by atoms with van der Waals surface area (Å²) in [5.74, 6) is 0.0323. The minimum absolute atomic E-state index is 0.0201. The number of aromatic hydroxyl groups is 1. The number of phenols is 1. The van der Waals surface area contributed by atoms with Crippen molar-refractivity contribution in [3.63, 3.8) is 0 Å². The monoisotopic (exact) mass is 493 g/mol. The van der Waals surface area contributed by atoms with Crippen LogP contribution in [-0.2, 0) is 14.3 Å². The maximum atomic E-state index is 14.0. The minimum atomic E-state index is -0.926. The predicted octanol–water partition coefficient (Wildman–Crippen LogP) is 3.99. The lowest BCUT2D eigenvalue weighted by molar-refractivity contribution is -0.147. The fourth-order valence-corrected chi connectivity index (χ4v) is 4.27. The van der Waals surface area contributed by atoms with E-state index in [-0.39, 0.29) is 29.6 Å². The van der Waals surface area contributed by atoms with Crippen molar-refractivity contribution in [1.82, 2.24) is 15.5 Å². The molecule has 1 aliphatic carbocycles. The van der Waals surface area contributed by atoms with Gasteiger partial charge in [0.05, 0.1) is 0 Å². The topological polar surface area (TPSA) is 108 Å². The zero-order valence-corrected chi connectivity index (χ0v) is 21.9. The highest BCUT2D eigenvalue weighted by Gasteiger charge is 2.42. The van der Waals surface area contributed by atoms with Crippen LogP contribution in [0.25, 0.3) is 0 Å². The molecule has 1 aromatic rings. The van der Waals surface area contributed by atoms with E-state index < -0.39 is 23.8 Å². The van der Waals surface area contributed by atoms with Crippen LogP contribution in [0.4, 0.5) is 4.79 Å².